The van der Waals surface area contributed by atoms with Gasteiger partial charge in [-0.15, -0.1) is 0 Å². The smallest absolute Gasteiger partial charge is 0.233 e. The van der Waals surface area contributed by atoms with Crippen molar-refractivity contribution < 1.29 is 9.59 Å². The second-order valence-electron chi connectivity index (χ2n) is 5.44. The van der Waals surface area contributed by atoms with Gasteiger partial charge in [-0.05, 0) is 62.2 Å². The van der Waals surface area contributed by atoms with Gasteiger partial charge in [-0.25, -0.2) is 0 Å². The number of hydrogen-bond acceptors (Lipinski definition) is 2. The topological polar surface area (TPSA) is 34.1 Å². The zero-order valence-electron chi connectivity index (χ0n) is 12.0. The molecule has 0 aromatic heterocycles. The van der Waals surface area contributed by atoms with Crippen LogP contribution in [-0.4, -0.2) is 11.6 Å². The fourth-order valence-electron chi connectivity index (χ4n) is 3.04. The maximum atomic E-state index is 12.1. The highest BCUT2D eigenvalue weighted by Crippen LogP contribution is 2.35. The van der Waals surface area contributed by atoms with Crippen molar-refractivity contribution in [1.82, 2.24) is 0 Å². The number of allylic oxidation sites excluding steroid dienone is 1. The Morgan fingerprint density at radius 2 is 1.30 bits per heavy atom. The number of hydrogen-bond donors (Lipinski definition) is 0. The highest BCUT2D eigenvalue weighted by atomic mass is 127. The second-order valence-corrected chi connectivity index (χ2v) is 6.60. The van der Waals surface area contributed by atoms with E-state index in [1.165, 1.54) is 6.08 Å². The number of fused-ring (bicyclic) bond motifs is 2. The van der Waals surface area contributed by atoms with Gasteiger partial charge >= 0.3 is 0 Å². The molecule has 110 valence electrons. The molecule has 0 heterocycles. The lowest BCUT2D eigenvalue weighted by Gasteiger charge is -2.18. The van der Waals surface area contributed by atoms with Gasteiger partial charge in [0.2, 0.25) is 11.6 Å². The molecule has 4 rings (SSSR count). The van der Waals surface area contributed by atoms with Crippen molar-refractivity contribution in [2.24, 2.45) is 0 Å². The second kappa shape index (κ2) is 5.42. The van der Waals surface area contributed by atoms with Crippen LogP contribution >= 0.6 is 22.6 Å². The molecule has 0 N–H and O–H groups in total. The Balaban J connectivity index is 2.06. The number of benzene rings is 3. The van der Waals surface area contributed by atoms with Crippen LogP contribution in [0.1, 0.15) is 21.5 Å². The summed E-state index contributed by atoms with van der Waals surface area (Å²) in [6.07, 6.45) is 1.47. The first kappa shape index (κ1) is 14.3. The van der Waals surface area contributed by atoms with Crippen molar-refractivity contribution in [3.05, 3.63) is 87.0 Å². The molecular weight excluding hydrogens is 399 g/mol. The molecule has 0 saturated carbocycles. The van der Waals surface area contributed by atoms with E-state index in [1.54, 1.807) is 12.1 Å². The lowest BCUT2D eigenvalue weighted by Crippen LogP contribution is -2.18. The third-order valence-electron chi connectivity index (χ3n) is 4.12. The third-order valence-corrected chi connectivity index (χ3v) is 5.06. The van der Waals surface area contributed by atoms with Gasteiger partial charge in [-0.3, -0.25) is 9.59 Å². The van der Waals surface area contributed by atoms with E-state index in [-0.39, 0.29) is 0 Å². The van der Waals surface area contributed by atoms with Crippen molar-refractivity contribution in [1.29, 1.82) is 0 Å². The Morgan fingerprint density at radius 3 is 2.09 bits per heavy atom. The molecule has 0 spiro atoms. The normalized spacial score (nSPS) is 13.9. The van der Waals surface area contributed by atoms with E-state index >= 15 is 0 Å². The standard InChI is InChI=1S/C20H11IO2/c21-18-10-9-14(12-5-1-3-7-15(12)18)17-11-19(22)20(23)16-8-4-2-6-13(16)17/h1-11H. The Hall–Kier alpha value is -2.27. The fourth-order valence-corrected chi connectivity index (χ4v) is 3.69. The number of rotatable bonds is 1. The van der Waals surface area contributed by atoms with Crippen LogP contribution in [0, 0.1) is 3.57 Å². The molecule has 1 aliphatic carbocycles. The first-order valence-electron chi connectivity index (χ1n) is 7.24. The van der Waals surface area contributed by atoms with Gasteiger partial charge in [-0.1, -0.05) is 54.6 Å². The minimum atomic E-state index is -0.457. The van der Waals surface area contributed by atoms with Crippen molar-refractivity contribution in [3.8, 4) is 0 Å². The van der Waals surface area contributed by atoms with Gasteiger partial charge in [0.1, 0.15) is 0 Å². The Bertz CT molecular complexity index is 1020. The Labute approximate surface area is 147 Å². The van der Waals surface area contributed by atoms with E-state index in [0.29, 0.717) is 5.56 Å². The highest BCUT2D eigenvalue weighted by molar-refractivity contribution is 14.1. The van der Waals surface area contributed by atoms with Crippen molar-refractivity contribution in [3.63, 3.8) is 0 Å². The molecule has 0 radical (unpaired) electrons. The molecule has 1 aliphatic rings. The lowest BCUT2D eigenvalue weighted by molar-refractivity contribution is -0.111. The largest absolute Gasteiger partial charge is 0.286 e. The minimum Gasteiger partial charge on any atom is -0.286 e. The Kier molecular flexibility index (Phi) is 3.38. The number of carbonyl (C=O) groups excluding carboxylic acids is 2. The van der Waals surface area contributed by atoms with Crippen LogP contribution in [0.4, 0.5) is 0 Å². The summed E-state index contributed by atoms with van der Waals surface area (Å²) < 4.78 is 1.16. The number of halogens is 1. The van der Waals surface area contributed by atoms with Crippen LogP contribution in [0.3, 0.4) is 0 Å². The maximum Gasteiger partial charge on any atom is 0.233 e. The molecule has 0 atom stereocenters. The summed E-state index contributed by atoms with van der Waals surface area (Å²) in [5.41, 5.74) is 3.10. The third kappa shape index (κ3) is 2.23. The predicted molar refractivity (Wildman–Crippen MR) is 99.5 cm³/mol. The zero-order chi connectivity index (χ0) is 16.0. The molecule has 2 nitrogen and oxygen atoms in total. The number of carbonyl (C=O) groups is 2. The average molecular weight is 410 g/mol. The molecule has 3 aromatic rings. The van der Waals surface area contributed by atoms with E-state index in [4.69, 9.17) is 0 Å². The molecular formula is C20H11IO2. The van der Waals surface area contributed by atoms with E-state index in [0.717, 1.165) is 31.0 Å². The van der Waals surface area contributed by atoms with Gasteiger partial charge < -0.3 is 0 Å². The Morgan fingerprint density at radius 1 is 0.652 bits per heavy atom. The SMILES string of the molecule is O=C1C=C(c2ccc(I)c3ccccc23)c2ccccc2C1=O. The van der Waals surface area contributed by atoms with Gasteiger partial charge in [0, 0.05) is 9.13 Å². The molecule has 0 amide bonds. The summed E-state index contributed by atoms with van der Waals surface area (Å²) in [4.78, 5) is 24.2. The summed E-state index contributed by atoms with van der Waals surface area (Å²) in [5.74, 6) is -0.888. The summed E-state index contributed by atoms with van der Waals surface area (Å²) in [6, 6.07) is 19.5. The van der Waals surface area contributed by atoms with E-state index in [2.05, 4.69) is 34.7 Å². The van der Waals surface area contributed by atoms with Crippen molar-refractivity contribution >= 4 is 50.5 Å². The van der Waals surface area contributed by atoms with Crippen LogP contribution in [0.2, 0.25) is 0 Å². The van der Waals surface area contributed by atoms with Gasteiger partial charge in [0.15, 0.2) is 0 Å². The molecule has 0 unspecified atom stereocenters. The maximum absolute atomic E-state index is 12.1. The molecule has 0 saturated heterocycles. The summed E-state index contributed by atoms with van der Waals surface area (Å²) in [7, 11) is 0. The molecule has 3 aromatic carbocycles. The minimum absolute atomic E-state index is 0.431. The van der Waals surface area contributed by atoms with E-state index in [9.17, 15) is 9.59 Å². The average Bonchev–Trinajstić information content (AvgIpc) is 2.59. The zero-order valence-corrected chi connectivity index (χ0v) is 14.2. The fraction of sp³-hybridized carbons (Fsp3) is 0. The number of ketones is 2. The van der Waals surface area contributed by atoms with Crippen LogP contribution in [-0.2, 0) is 4.79 Å². The van der Waals surface area contributed by atoms with Gasteiger partial charge in [0.25, 0.3) is 0 Å². The summed E-state index contributed by atoms with van der Waals surface area (Å²) >= 11 is 2.31. The van der Waals surface area contributed by atoms with Crippen LogP contribution in [0.25, 0.3) is 16.3 Å². The summed E-state index contributed by atoms with van der Waals surface area (Å²) in [6.45, 7) is 0. The van der Waals surface area contributed by atoms with E-state index in [1.807, 2.05) is 36.4 Å². The quantitative estimate of drug-likeness (QED) is 0.433. The first-order chi connectivity index (χ1) is 11.2. The van der Waals surface area contributed by atoms with Crippen LogP contribution in [0.15, 0.2) is 66.7 Å². The molecule has 0 bridgehead atoms. The monoisotopic (exact) mass is 410 g/mol. The summed E-state index contributed by atoms with van der Waals surface area (Å²) in [5, 5.41) is 2.23. The van der Waals surface area contributed by atoms with Crippen LogP contribution < -0.4 is 0 Å². The molecule has 0 fully saturated rings. The van der Waals surface area contributed by atoms with Gasteiger partial charge in [0.05, 0.1) is 0 Å². The number of Topliss-reactive ketones (excluding diaryl/α,β-unsaturated/α-hetero) is 1. The molecule has 23 heavy (non-hydrogen) atoms. The lowest BCUT2D eigenvalue weighted by atomic mass is 9.84. The van der Waals surface area contributed by atoms with E-state index < -0.39 is 11.6 Å². The first-order valence-corrected chi connectivity index (χ1v) is 8.32. The van der Waals surface area contributed by atoms with Crippen LogP contribution in [0.5, 0.6) is 0 Å². The highest BCUT2D eigenvalue weighted by Gasteiger charge is 2.26. The van der Waals surface area contributed by atoms with Gasteiger partial charge in [-0.2, -0.15) is 0 Å². The molecule has 0 aliphatic heterocycles. The van der Waals surface area contributed by atoms with Crippen molar-refractivity contribution in [2.75, 3.05) is 0 Å². The molecule has 3 heteroatoms. The predicted octanol–water partition coefficient (Wildman–Crippen LogP) is 4.64. The van der Waals surface area contributed by atoms with Crippen molar-refractivity contribution in [2.45, 2.75) is 0 Å².